The van der Waals surface area contributed by atoms with Crippen LogP contribution in [0.5, 0.6) is 0 Å². The molecule has 4 heteroatoms. The molecule has 2 aromatic carbocycles. The summed E-state index contributed by atoms with van der Waals surface area (Å²) >= 11 is 0. The van der Waals surface area contributed by atoms with E-state index >= 15 is 0 Å². The molecule has 0 radical (unpaired) electrons. The lowest BCUT2D eigenvalue weighted by atomic mass is 10.1. The summed E-state index contributed by atoms with van der Waals surface area (Å²) in [5, 5.41) is 1.22. The first-order valence-corrected chi connectivity index (χ1v) is 8.28. The number of carbonyl (C=O) groups excluding carboxylic acids is 1. The number of pyridine rings is 1. The molecule has 0 fully saturated rings. The van der Waals surface area contributed by atoms with Gasteiger partial charge in [0.2, 0.25) is 0 Å². The molecule has 3 aromatic rings. The van der Waals surface area contributed by atoms with E-state index in [9.17, 15) is 4.79 Å². The second-order valence-corrected chi connectivity index (χ2v) is 6.17. The van der Waals surface area contributed by atoms with Gasteiger partial charge in [-0.2, -0.15) is 0 Å². The van der Waals surface area contributed by atoms with Crippen LogP contribution in [0.3, 0.4) is 0 Å². The zero-order chi connectivity index (χ0) is 18.2. The van der Waals surface area contributed by atoms with Gasteiger partial charge in [0.25, 0.3) is 0 Å². The number of hydrogen-bond acceptors (Lipinski definition) is 4. The maximum Gasteiger partial charge on any atom is 0.339 e. The summed E-state index contributed by atoms with van der Waals surface area (Å²) in [5.74, 6) is 0.270. The number of benzene rings is 2. The van der Waals surface area contributed by atoms with Gasteiger partial charge in [0, 0.05) is 16.8 Å². The van der Waals surface area contributed by atoms with E-state index in [1.807, 2.05) is 12.1 Å². The number of nitrogen functional groups attached to an aromatic ring is 1. The minimum absolute atomic E-state index is 0.400. The molecule has 4 nitrogen and oxygen atoms in total. The zero-order valence-corrected chi connectivity index (χ0v) is 14.9. The molecule has 0 amide bonds. The Morgan fingerprint density at radius 1 is 1.04 bits per heavy atom. The van der Waals surface area contributed by atoms with Crippen LogP contribution >= 0.6 is 0 Å². The van der Waals surface area contributed by atoms with Crippen LogP contribution in [-0.2, 0) is 11.2 Å². The highest BCUT2D eigenvalue weighted by molar-refractivity contribution is 5.94. The molecule has 2 N–H and O–H groups in total. The Kier molecular flexibility index (Phi) is 6.52. The fraction of sp³-hybridized carbons (Fsp3) is 0.238. The molecule has 130 valence electrons. The predicted molar refractivity (Wildman–Crippen MR) is 102 cm³/mol. The van der Waals surface area contributed by atoms with Crippen LogP contribution < -0.4 is 5.73 Å². The van der Waals surface area contributed by atoms with Crippen molar-refractivity contribution in [1.82, 2.24) is 4.98 Å². The van der Waals surface area contributed by atoms with Crippen LogP contribution in [0.2, 0.25) is 0 Å². The lowest BCUT2D eigenvalue weighted by Crippen LogP contribution is -2.04. The Hall–Kier alpha value is -2.88. The molecule has 0 spiro atoms. The summed E-state index contributed by atoms with van der Waals surface area (Å²) in [6.07, 6.45) is 1.06. The van der Waals surface area contributed by atoms with Crippen LogP contribution in [0.15, 0.2) is 60.7 Å². The van der Waals surface area contributed by atoms with Crippen molar-refractivity contribution in [2.24, 2.45) is 5.92 Å². The molecule has 0 atom stereocenters. The Morgan fingerprint density at radius 2 is 1.72 bits per heavy atom. The number of esters is 1. The van der Waals surface area contributed by atoms with Crippen LogP contribution in [0.1, 0.15) is 29.9 Å². The second-order valence-electron chi connectivity index (χ2n) is 6.17. The number of para-hydroxylation sites is 2. The summed E-state index contributed by atoms with van der Waals surface area (Å²) in [7, 11) is 1.33. The summed E-state index contributed by atoms with van der Waals surface area (Å²) in [5.41, 5.74) is 8.65. The Morgan fingerprint density at radius 3 is 2.40 bits per heavy atom. The summed E-state index contributed by atoms with van der Waals surface area (Å²) in [4.78, 5) is 15.5. The van der Waals surface area contributed by atoms with E-state index in [4.69, 9.17) is 5.73 Å². The average Bonchev–Trinajstić information content (AvgIpc) is 2.61. The van der Waals surface area contributed by atoms with Crippen LogP contribution in [-0.4, -0.2) is 18.1 Å². The molecule has 0 unspecified atom stereocenters. The molecule has 0 aliphatic carbocycles. The molecule has 1 heterocycles. The normalized spacial score (nSPS) is 10.2. The lowest BCUT2D eigenvalue weighted by Gasteiger charge is -2.04. The van der Waals surface area contributed by atoms with Gasteiger partial charge in [-0.1, -0.05) is 50.2 Å². The molecule has 3 rings (SSSR count). The Bertz CT molecular complexity index is 844. The van der Waals surface area contributed by atoms with Crippen molar-refractivity contribution in [1.29, 1.82) is 0 Å². The van der Waals surface area contributed by atoms with Crippen LogP contribution in [0.25, 0.3) is 10.9 Å². The molecule has 0 saturated heterocycles. The van der Waals surface area contributed by atoms with Crippen molar-refractivity contribution in [2.45, 2.75) is 20.3 Å². The number of aromatic nitrogens is 1. The first kappa shape index (κ1) is 18.5. The number of carbonyl (C=O) groups is 1. The van der Waals surface area contributed by atoms with Gasteiger partial charge in [0.1, 0.15) is 0 Å². The number of ether oxygens (including phenoxy) is 1. The minimum Gasteiger partial charge on any atom is -0.465 e. The topological polar surface area (TPSA) is 65.2 Å². The van der Waals surface area contributed by atoms with E-state index in [-0.39, 0.29) is 0 Å². The first-order valence-electron chi connectivity index (χ1n) is 8.28. The molecule has 25 heavy (non-hydrogen) atoms. The number of hydrogen-bond donors (Lipinski definition) is 1. The number of fused-ring (bicyclic) bond motifs is 1. The van der Waals surface area contributed by atoms with Gasteiger partial charge >= 0.3 is 5.97 Å². The highest BCUT2D eigenvalue weighted by atomic mass is 16.5. The van der Waals surface area contributed by atoms with E-state index in [0.29, 0.717) is 17.2 Å². The second kappa shape index (κ2) is 8.83. The highest BCUT2D eigenvalue weighted by Crippen LogP contribution is 2.14. The highest BCUT2D eigenvalue weighted by Gasteiger charge is 2.06. The molecule has 0 aliphatic rings. The van der Waals surface area contributed by atoms with Gasteiger partial charge in [0.05, 0.1) is 18.2 Å². The number of anilines is 1. The molecular weight excluding hydrogens is 312 g/mol. The third-order valence-electron chi connectivity index (χ3n) is 3.64. The van der Waals surface area contributed by atoms with Gasteiger partial charge in [-0.05, 0) is 36.6 Å². The summed E-state index contributed by atoms with van der Waals surface area (Å²) in [6.45, 7) is 4.44. The van der Waals surface area contributed by atoms with Gasteiger partial charge in [-0.25, -0.2) is 4.79 Å². The van der Waals surface area contributed by atoms with Crippen molar-refractivity contribution >= 4 is 22.6 Å². The molecule has 1 aromatic heterocycles. The smallest absolute Gasteiger partial charge is 0.339 e. The monoisotopic (exact) mass is 336 g/mol. The average molecular weight is 336 g/mol. The fourth-order valence-corrected chi connectivity index (χ4v) is 2.43. The molecule has 0 saturated carbocycles. The SMILES string of the molecule is CC(C)Cc1ccc2ccccc2n1.COC(=O)c1ccccc1N. The van der Waals surface area contributed by atoms with Gasteiger partial charge in [0.15, 0.2) is 0 Å². The van der Waals surface area contributed by atoms with Crippen molar-refractivity contribution in [3.63, 3.8) is 0 Å². The fourth-order valence-electron chi connectivity index (χ4n) is 2.43. The maximum atomic E-state index is 10.9. The van der Waals surface area contributed by atoms with E-state index in [0.717, 1.165) is 11.9 Å². The van der Waals surface area contributed by atoms with Crippen LogP contribution in [0.4, 0.5) is 5.69 Å². The van der Waals surface area contributed by atoms with E-state index in [2.05, 4.69) is 47.8 Å². The molecule has 0 bridgehead atoms. The van der Waals surface area contributed by atoms with Crippen molar-refractivity contribution in [2.75, 3.05) is 12.8 Å². The Labute approximate surface area is 148 Å². The van der Waals surface area contributed by atoms with E-state index < -0.39 is 5.97 Å². The lowest BCUT2D eigenvalue weighted by molar-refractivity contribution is 0.0602. The summed E-state index contributed by atoms with van der Waals surface area (Å²) < 4.78 is 4.50. The van der Waals surface area contributed by atoms with E-state index in [1.165, 1.54) is 18.2 Å². The third kappa shape index (κ3) is 5.31. The van der Waals surface area contributed by atoms with Gasteiger partial charge in [-0.3, -0.25) is 4.98 Å². The number of nitrogens with two attached hydrogens (primary N) is 1. The number of nitrogens with zero attached hydrogens (tertiary/aromatic N) is 1. The predicted octanol–water partition coefficient (Wildman–Crippen LogP) is 4.49. The number of rotatable bonds is 3. The number of methoxy groups -OCH3 is 1. The Balaban J connectivity index is 0.000000186. The van der Waals surface area contributed by atoms with Crippen LogP contribution in [0, 0.1) is 5.92 Å². The summed E-state index contributed by atoms with van der Waals surface area (Å²) in [6, 6.07) is 19.3. The minimum atomic E-state index is -0.400. The van der Waals surface area contributed by atoms with Crippen molar-refractivity contribution < 1.29 is 9.53 Å². The zero-order valence-electron chi connectivity index (χ0n) is 14.9. The molecular formula is C21H24N2O2. The van der Waals surface area contributed by atoms with Gasteiger partial charge < -0.3 is 10.5 Å². The largest absolute Gasteiger partial charge is 0.465 e. The first-order chi connectivity index (χ1) is 12.0. The quantitative estimate of drug-likeness (QED) is 0.565. The van der Waals surface area contributed by atoms with Crippen molar-refractivity contribution in [3.05, 3.63) is 71.9 Å². The standard InChI is InChI=1S/C13H15N.C8H9NO2/c1-10(2)9-12-8-7-11-5-3-4-6-13(11)14-12;1-11-8(10)6-4-2-3-5-7(6)9/h3-8,10H,9H2,1-2H3;2-5H,9H2,1H3. The maximum absolute atomic E-state index is 10.9. The third-order valence-corrected chi connectivity index (χ3v) is 3.64. The van der Waals surface area contributed by atoms with E-state index in [1.54, 1.807) is 24.3 Å². The van der Waals surface area contributed by atoms with Crippen molar-refractivity contribution in [3.8, 4) is 0 Å². The van der Waals surface area contributed by atoms with Gasteiger partial charge in [-0.15, -0.1) is 0 Å². The molecule has 0 aliphatic heterocycles.